The zero-order valence-corrected chi connectivity index (χ0v) is 12.5. The second-order valence-electron chi connectivity index (χ2n) is 6.00. The van der Waals surface area contributed by atoms with E-state index < -0.39 is 0 Å². The molecule has 0 aromatic carbocycles. The highest BCUT2D eigenvalue weighted by molar-refractivity contribution is 7.71. The lowest BCUT2D eigenvalue weighted by molar-refractivity contribution is 0.113. The van der Waals surface area contributed by atoms with Crippen LogP contribution in [0.3, 0.4) is 0 Å². The van der Waals surface area contributed by atoms with Crippen LogP contribution in [0.4, 0.5) is 0 Å². The molecule has 5 heteroatoms. The van der Waals surface area contributed by atoms with Gasteiger partial charge in [0.1, 0.15) is 10.5 Å². The number of hydrogen-bond acceptors (Lipinski definition) is 4. The number of aromatic amines is 1. The lowest BCUT2D eigenvalue weighted by Gasteiger charge is -2.37. The summed E-state index contributed by atoms with van der Waals surface area (Å²) in [7, 11) is 4.40. The van der Waals surface area contributed by atoms with Crippen molar-refractivity contribution in [3.63, 3.8) is 0 Å². The van der Waals surface area contributed by atoms with E-state index in [9.17, 15) is 0 Å². The number of hydrogen-bond donors (Lipinski definition) is 1. The molecule has 104 valence electrons. The van der Waals surface area contributed by atoms with Gasteiger partial charge in [0.25, 0.3) is 0 Å². The molecule has 1 saturated carbocycles. The van der Waals surface area contributed by atoms with Crippen molar-refractivity contribution in [2.75, 3.05) is 33.7 Å². The van der Waals surface area contributed by atoms with Crippen molar-refractivity contribution in [3.05, 3.63) is 22.2 Å². The molecule has 19 heavy (non-hydrogen) atoms. The maximum Gasteiger partial charge on any atom is 0.129 e. The Morgan fingerprint density at radius 3 is 2.89 bits per heavy atom. The molecule has 1 N–H and O–H groups in total. The van der Waals surface area contributed by atoms with Gasteiger partial charge in [-0.25, -0.2) is 4.98 Å². The second-order valence-corrected chi connectivity index (χ2v) is 6.41. The van der Waals surface area contributed by atoms with Gasteiger partial charge in [0.15, 0.2) is 0 Å². The fourth-order valence-electron chi connectivity index (χ4n) is 2.78. The standard InChI is InChI=1S/C14H22N4S/c1-17-5-6-18(2)11(9-17)7-13-15-12(10-3-4-10)8-14(19)16-13/h8,10-11H,3-7,9H2,1-2H3,(H,15,16,19). The van der Waals surface area contributed by atoms with Gasteiger partial charge in [-0.15, -0.1) is 0 Å². The van der Waals surface area contributed by atoms with Gasteiger partial charge in [-0.1, -0.05) is 12.2 Å². The van der Waals surface area contributed by atoms with E-state index in [-0.39, 0.29) is 0 Å². The van der Waals surface area contributed by atoms with E-state index in [1.54, 1.807) is 0 Å². The summed E-state index contributed by atoms with van der Waals surface area (Å²) in [5.74, 6) is 1.76. The summed E-state index contributed by atoms with van der Waals surface area (Å²) >= 11 is 5.30. The van der Waals surface area contributed by atoms with Crippen molar-refractivity contribution in [1.29, 1.82) is 0 Å². The van der Waals surface area contributed by atoms with Crippen LogP contribution in [0.2, 0.25) is 0 Å². The normalized spacial score (nSPS) is 25.7. The van der Waals surface area contributed by atoms with E-state index in [4.69, 9.17) is 12.2 Å². The first-order chi connectivity index (χ1) is 9.11. The van der Waals surface area contributed by atoms with Gasteiger partial charge in [0, 0.05) is 37.8 Å². The molecule has 0 spiro atoms. The van der Waals surface area contributed by atoms with Crippen LogP contribution < -0.4 is 0 Å². The number of nitrogens with one attached hydrogen (secondary N) is 1. The number of likely N-dealkylation sites (N-methyl/N-ethyl adjacent to an activating group) is 2. The van der Waals surface area contributed by atoms with E-state index in [2.05, 4.69) is 33.9 Å². The highest BCUT2D eigenvalue weighted by Gasteiger charge is 2.26. The Bertz CT molecular complexity index is 508. The molecule has 1 atom stereocenters. The molecule has 2 heterocycles. The Labute approximate surface area is 119 Å². The van der Waals surface area contributed by atoms with Crippen molar-refractivity contribution in [3.8, 4) is 0 Å². The molecule has 1 aliphatic carbocycles. The number of aromatic nitrogens is 2. The first-order valence-electron chi connectivity index (χ1n) is 7.11. The fourth-order valence-corrected chi connectivity index (χ4v) is 3.02. The maximum atomic E-state index is 5.30. The summed E-state index contributed by atoms with van der Waals surface area (Å²) < 4.78 is 0.738. The summed E-state index contributed by atoms with van der Waals surface area (Å²) in [5.41, 5.74) is 1.29. The van der Waals surface area contributed by atoms with Crippen molar-refractivity contribution in [2.45, 2.75) is 31.2 Å². The lowest BCUT2D eigenvalue weighted by atomic mass is 10.1. The van der Waals surface area contributed by atoms with E-state index >= 15 is 0 Å². The zero-order chi connectivity index (χ0) is 13.4. The van der Waals surface area contributed by atoms with Gasteiger partial charge < -0.3 is 14.8 Å². The minimum atomic E-state index is 0.534. The highest BCUT2D eigenvalue weighted by Crippen LogP contribution is 2.38. The van der Waals surface area contributed by atoms with E-state index in [1.807, 2.05) is 6.07 Å². The van der Waals surface area contributed by atoms with Crippen molar-refractivity contribution in [1.82, 2.24) is 19.8 Å². The number of nitrogens with zero attached hydrogens (tertiary/aromatic N) is 3. The first kappa shape index (κ1) is 13.2. The van der Waals surface area contributed by atoms with E-state index in [0.29, 0.717) is 12.0 Å². The molecule has 0 amide bonds. The van der Waals surface area contributed by atoms with Crippen molar-refractivity contribution in [2.24, 2.45) is 0 Å². The van der Waals surface area contributed by atoms with Gasteiger partial charge in [-0.3, -0.25) is 0 Å². The Morgan fingerprint density at radius 2 is 2.16 bits per heavy atom. The molecule has 0 radical (unpaired) electrons. The Morgan fingerprint density at radius 1 is 1.37 bits per heavy atom. The van der Waals surface area contributed by atoms with Gasteiger partial charge in [-0.2, -0.15) is 0 Å². The second kappa shape index (κ2) is 5.31. The number of rotatable bonds is 3. The fraction of sp³-hybridized carbons (Fsp3) is 0.714. The molecule has 1 unspecified atom stereocenters. The molecule has 3 rings (SSSR count). The predicted octanol–water partition coefficient (Wildman–Crippen LogP) is 1.80. The Kier molecular flexibility index (Phi) is 3.69. The largest absolute Gasteiger partial charge is 0.347 e. The molecule has 4 nitrogen and oxygen atoms in total. The van der Waals surface area contributed by atoms with E-state index in [1.165, 1.54) is 18.5 Å². The SMILES string of the molecule is CN1CCN(C)C(Cc2nc(=S)cc(C3CC3)[nH]2)C1. The van der Waals surface area contributed by atoms with Crippen LogP contribution in [0.1, 0.15) is 30.3 Å². The summed E-state index contributed by atoms with van der Waals surface area (Å²) in [4.78, 5) is 12.8. The topological polar surface area (TPSA) is 35.2 Å². The van der Waals surface area contributed by atoms with Gasteiger partial charge >= 0.3 is 0 Å². The molecular weight excluding hydrogens is 256 g/mol. The maximum absolute atomic E-state index is 5.30. The van der Waals surface area contributed by atoms with Crippen LogP contribution in [-0.4, -0.2) is 59.5 Å². The average molecular weight is 278 g/mol. The Hall–Kier alpha value is -0.780. The van der Waals surface area contributed by atoms with E-state index in [0.717, 1.165) is 36.5 Å². The molecule has 2 aliphatic rings. The third-order valence-corrected chi connectivity index (χ3v) is 4.45. The first-order valence-corrected chi connectivity index (χ1v) is 7.51. The summed E-state index contributed by atoms with van der Waals surface area (Å²) in [6, 6.07) is 2.57. The third-order valence-electron chi connectivity index (χ3n) is 4.24. The quantitative estimate of drug-likeness (QED) is 0.855. The summed E-state index contributed by atoms with van der Waals surface area (Å²) in [5, 5.41) is 0. The van der Waals surface area contributed by atoms with Crippen LogP contribution in [0.15, 0.2) is 6.07 Å². The van der Waals surface area contributed by atoms with Crippen molar-refractivity contribution >= 4 is 12.2 Å². The highest BCUT2D eigenvalue weighted by atomic mass is 32.1. The van der Waals surface area contributed by atoms with Crippen LogP contribution in [0, 0.1) is 4.64 Å². The molecule has 1 aliphatic heterocycles. The monoisotopic (exact) mass is 278 g/mol. The molecular formula is C14H22N4S. The number of H-pyrrole nitrogens is 1. The third kappa shape index (κ3) is 3.22. The minimum Gasteiger partial charge on any atom is -0.347 e. The minimum absolute atomic E-state index is 0.534. The molecule has 0 bridgehead atoms. The van der Waals surface area contributed by atoms with Crippen molar-refractivity contribution < 1.29 is 0 Å². The van der Waals surface area contributed by atoms with Crippen LogP contribution >= 0.6 is 12.2 Å². The molecule has 1 aromatic heterocycles. The van der Waals surface area contributed by atoms with Crippen LogP contribution in [0.25, 0.3) is 0 Å². The van der Waals surface area contributed by atoms with Gasteiger partial charge in [0.2, 0.25) is 0 Å². The molecule has 1 aromatic rings. The Balaban J connectivity index is 1.76. The van der Waals surface area contributed by atoms with Gasteiger partial charge in [-0.05, 0) is 38.9 Å². The zero-order valence-electron chi connectivity index (χ0n) is 11.7. The van der Waals surface area contributed by atoms with Gasteiger partial charge in [0.05, 0.1) is 0 Å². The average Bonchev–Trinajstić information content (AvgIpc) is 3.17. The van der Waals surface area contributed by atoms with Crippen LogP contribution in [-0.2, 0) is 6.42 Å². The lowest BCUT2D eigenvalue weighted by Crippen LogP contribution is -2.51. The predicted molar refractivity (Wildman–Crippen MR) is 79.0 cm³/mol. The summed E-state index contributed by atoms with van der Waals surface area (Å²) in [6.45, 7) is 3.38. The molecule has 2 fully saturated rings. The molecule has 1 saturated heterocycles. The summed E-state index contributed by atoms with van der Waals surface area (Å²) in [6.07, 6.45) is 3.55. The van der Waals surface area contributed by atoms with Crippen LogP contribution in [0.5, 0.6) is 0 Å². The smallest absolute Gasteiger partial charge is 0.129 e. The number of piperazine rings is 1.